The van der Waals surface area contributed by atoms with Gasteiger partial charge in [-0.1, -0.05) is 24.3 Å². The standard InChI is InChI=1S/C14H18BO3/c1-10(16)11-6-8-12(9-7-11)15-17-13(2,3)14(4,5)18-15/h6-9H,2H2,1,3-5H3/q+1. The lowest BCUT2D eigenvalue weighted by Crippen LogP contribution is -2.42. The van der Waals surface area contributed by atoms with Crippen LogP contribution < -0.4 is 5.46 Å². The van der Waals surface area contributed by atoms with Crippen LogP contribution in [0.4, 0.5) is 0 Å². The minimum Gasteiger partial charge on any atom is -0.395 e. The second-order valence-electron chi connectivity index (χ2n) is 5.49. The Labute approximate surface area is 109 Å². The van der Waals surface area contributed by atoms with E-state index in [0.717, 1.165) is 5.46 Å². The largest absolute Gasteiger partial charge is 0.497 e. The Morgan fingerprint density at radius 2 is 1.72 bits per heavy atom. The Kier molecular flexibility index (Phi) is 3.03. The molecule has 0 bridgehead atoms. The molecule has 0 aromatic heterocycles. The van der Waals surface area contributed by atoms with E-state index in [1.807, 2.05) is 32.9 Å². The van der Waals surface area contributed by atoms with E-state index in [9.17, 15) is 4.79 Å². The molecule has 3 nitrogen and oxygen atoms in total. The second kappa shape index (κ2) is 4.14. The average Bonchev–Trinajstić information content (AvgIpc) is 2.48. The van der Waals surface area contributed by atoms with Gasteiger partial charge in [0.2, 0.25) is 5.60 Å². The van der Waals surface area contributed by atoms with E-state index in [1.165, 1.54) is 0 Å². The van der Waals surface area contributed by atoms with Crippen molar-refractivity contribution < 1.29 is 14.1 Å². The fraction of sp³-hybridized carbons (Fsp3) is 0.429. The summed E-state index contributed by atoms with van der Waals surface area (Å²) in [5, 5.41) is 0. The van der Waals surface area contributed by atoms with E-state index in [0.29, 0.717) is 5.56 Å². The third-order valence-corrected chi connectivity index (χ3v) is 3.63. The van der Waals surface area contributed by atoms with Gasteiger partial charge in [-0.15, -0.1) is 0 Å². The molecule has 1 unspecified atom stereocenters. The van der Waals surface area contributed by atoms with Crippen molar-refractivity contribution in [3.8, 4) is 0 Å². The molecule has 1 aliphatic rings. The summed E-state index contributed by atoms with van der Waals surface area (Å²) >= 11 is 0. The predicted molar refractivity (Wildman–Crippen MR) is 71.8 cm³/mol. The topological polar surface area (TPSA) is 35.5 Å². The molecule has 0 N–H and O–H groups in total. The second-order valence-corrected chi connectivity index (χ2v) is 5.49. The molecule has 1 aliphatic heterocycles. The van der Waals surface area contributed by atoms with Gasteiger partial charge in [-0.2, -0.15) is 0 Å². The van der Waals surface area contributed by atoms with Crippen LogP contribution in [0, 0.1) is 6.92 Å². The van der Waals surface area contributed by atoms with Crippen molar-refractivity contribution in [2.24, 2.45) is 0 Å². The zero-order valence-electron chi connectivity index (χ0n) is 11.3. The number of carbonyl (C=O) groups is 1. The summed E-state index contributed by atoms with van der Waals surface area (Å²) in [6, 6.07) is 7.30. The minimum atomic E-state index is -0.586. The van der Waals surface area contributed by atoms with Gasteiger partial charge in [-0.3, -0.25) is 4.79 Å². The van der Waals surface area contributed by atoms with Crippen LogP contribution in [-0.2, 0) is 9.31 Å². The van der Waals surface area contributed by atoms with Crippen molar-refractivity contribution in [1.82, 2.24) is 0 Å². The van der Waals surface area contributed by atoms with Crippen molar-refractivity contribution in [2.75, 3.05) is 0 Å². The van der Waals surface area contributed by atoms with Gasteiger partial charge in [0.05, 0.1) is 6.92 Å². The van der Waals surface area contributed by atoms with E-state index in [1.54, 1.807) is 19.1 Å². The van der Waals surface area contributed by atoms with E-state index in [4.69, 9.17) is 9.31 Å². The summed E-state index contributed by atoms with van der Waals surface area (Å²) in [4.78, 5) is 11.2. The quantitative estimate of drug-likeness (QED) is 0.454. The van der Waals surface area contributed by atoms with Crippen molar-refractivity contribution in [2.45, 2.75) is 38.9 Å². The number of benzene rings is 1. The predicted octanol–water partition coefficient (Wildman–Crippen LogP) is 2.00. The fourth-order valence-corrected chi connectivity index (χ4v) is 1.81. The number of carbonyl (C=O) groups excluding carboxylic acids is 1. The Morgan fingerprint density at radius 3 is 2.11 bits per heavy atom. The molecule has 1 aromatic rings. The highest BCUT2D eigenvalue weighted by atomic mass is 16.7. The van der Waals surface area contributed by atoms with Gasteiger partial charge in [0.15, 0.2) is 5.78 Å². The van der Waals surface area contributed by atoms with Gasteiger partial charge in [0.1, 0.15) is 5.60 Å². The third-order valence-electron chi connectivity index (χ3n) is 3.63. The summed E-state index contributed by atoms with van der Waals surface area (Å²) < 4.78 is 11.7. The molecule has 0 amide bonds. The molecule has 1 fully saturated rings. The number of rotatable bonds is 2. The third kappa shape index (κ3) is 2.18. The van der Waals surface area contributed by atoms with E-state index in [2.05, 4.69) is 6.92 Å². The first-order valence-electron chi connectivity index (χ1n) is 6.05. The summed E-state index contributed by atoms with van der Waals surface area (Å²) in [7, 11) is -0.427. The SMILES string of the molecule is [CH2+]C1(C)OB(c2ccc(C(C)=O)cc2)OC1(C)C. The highest BCUT2D eigenvalue weighted by Gasteiger charge is 2.57. The summed E-state index contributed by atoms with van der Waals surface area (Å²) in [5.41, 5.74) is 0.558. The maximum atomic E-state index is 11.2. The number of Topliss-reactive ketones (excluding diaryl/α,β-unsaturated/α-hetero) is 1. The van der Waals surface area contributed by atoms with Gasteiger partial charge in [0.25, 0.3) is 0 Å². The molecule has 1 saturated heterocycles. The van der Waals surface area contributed by atoms with Crippen LogP contribution in [0.2, 0.25) is 0 Å². The van der Waals surface area contributed by atoms with E-state index < -0.39 is 18.3 Å². The lowest BCUT2D eigenvalue weighted by Gasteiger charge is -2.25. The summed E-state index contributed by atoms with van der Waals surface area (Å²) in [6.07, 6.45) is 0. The molecule has 94 valence electrons. The Bertz CT molecular complexity index is 446. The lowest BCUT2D eigenvalue weighted by molar-refractivity contribution is 0.0262. The van der Waals surface area contributed by atoms with Crippen molar-refractivity contribution in [3.63, 3.8) is 0 Å². The van der Waals surface area contributed by atoms with Crippen LogP contribution >= 0.6 is 0 Å². The maximum absolute atomic E-state index is 11.2. The zero-order chi connectivity index (χ0) is 13.6. The average molecular weight is 245 g/mol. The van der Waals surface area contributed by atoms with Crippen LogP contribution in [0.3, 0.4) is 0 Å². The van der Waals surface area contributed by atoms with Gasteiger partial charge >= 0.3 is 7.12 Å². The molecule has 0 aliphatic carbocycles. The Balaban J connectivity index is 2.22. The van der Waals surface area contributed by atoms with Gasteiger partial charge in [-0.25, -0.2) is 0 Å². The molecule has 0 saturated carbocycles. The highest BCUT2D eigenvalue weighted by Crippen LogP contribution is 2.36. The highest BCUT2D eigenvalue weighted by molar-refractivity contribution is 6.62. The van der Waals surface area contributed by atoms with Crippen LogP contribution in [0.25, 0.3) is 0 Å². The molecule has 0 spiro atoms. The lowest BCUT2D eigenvalue weighted by atomic mass is 9.79. The molecule has 18 heavy (non-hydrogen) atoms. The monoisotopic (exact) mass is 245 g/mol. The molecule has 0 radical (unpaired) electrons. The fourth-order valence-electron chi connectivity index (χ4n) is 1.81. The first-order valence-corrected chi connectivity index (χ1v) is 6.05. The molecule has 2 rings (SSSR count). The van der Waals surface area contributed by atoms with Crippen LogP contribution in [0.1, 0.15) is 38.1 Å². The Morgan fingerprint density at radius 1 is 1.17 bits per heavy atom. The minimum absolute atomic E-state index is 0.0529. The zero-order valence-corrected chi connectivity index (χ0v) is 11.3. The molecular formula is C14H18BO3+. The van der Waals surface area contributed by atoms with Crippen molar-refractivity contribution >= 4 is 18.4 Å². The number of ketones is 1. The van der Waals surface area contributed by atoms with Crippen molar-refractivity contribution in [3.05, 3.63) is 36.8 Å². The molecule has 4 heteroatoms. The van der Waals surface area contributed by atoms with Gasteiger partial charge < -0.3 is 9.31 Å². The molecule has 1 atom stereocenters. The summed E-state index contributed by atoms with van der Waals surface area (Å²) in [5.74, 6) is 0.0529. The first-order chi connectivity index (χ1) is 8.23. The van der Waals surface area contributed by atoms with Crippen LogP contribution in [0.5, 0.6) is 0 Å². The number of hydrogen-bond acceptors (Lipinski definition) is 3. The molecule has 1 aromatic carbocycles. The van der Waals surface area contributed by atoms with Crippen LogP contribution in [0.15, 0.2) is 24.3 Å². The maximum Gasteiger partial charge on any atom is 0.497 e. The molecule has 1 heterocycles. The normalized spacial score (nSPS) is 26.3. The molecular weight excluding hydrogens is 227 g/mol. The van der Waals surface area contributed by atoms with E-state index >= 15 is 0 Å². The van der Waals surface area contributed by atoms with Crippen LogP contribution in [-0.4, -0.2) is 24.1 Å². The smallest absolute Gasteiger partial charge is 0.395 e. The Hall–Kier alpha value is -1.26. The van der Waals surface area contributed by atoms with Crippen molar-refractivity contribution in [1.29, 1.82) is 0 Å². The summed E-state index contributed by atoms with van der Waals surface area (Å²) in [6.45, 7) is 11.4. The van der Waals surface area contributed by atoms with E-state index in [-0.39, 0.29) is 5.78 Å². The number of hydrogen-bond donors (Lipinski definition) is 0. The van der Waals surface area contributed by atoms with Gasteiger partial charge in [-0.05, 0) is 26.2 Å². The first kappa shape index (κ1) is 13.2. The van der Waals surface area contributed by atoms with Gasteiger partial charge in [0, 0.05) is 12.5 Å².